The molecule has 0 aliphatic carbocycles. The lowest BCUT2D eigenvalue weighted by molar-refractivity contribution is -0.136. The molecule has 3 heterocycles. The van der Waals surface area contributed by atoms with E-state index in [1.54, 1.807) is 11.3 Å². The van der Waals surface area contributed by atoms with Crippen LogP contribution in [0.25, 0.3) is 5.57 Å². The van der Waals surface area contributed by atoms with Crippen molar-refractivity contribution < 1.29 is 14.6 Å². The van der Waals surface area contributed by atoms with Gasteiger partial charge in [0.1, 0.15) is 12.4 Å². The van der Waals surface area contributed by atoms with Crippen molar-refractivity contribution in [1.82, 2.24) is 4.90 Å². The summed E-state index contributed by atoms with van der Waals surface area (Å²) >= 11 is 1.73. The number of fused-ring (bicyclic) bond motifs is 2. The van der Waals surface area contributed by atoms with E-state index in [1.165, 1.54) is 41.9 Å². The topological polar surface area (TPSA) is 49.8 Å². The van der Waals surface area contributed by atoms with Gasteiger partial charge in [0.2, 0.25) is 0 Å². The SMILES string of the molecule is O=C(O)Cc1ccc2c(c1)/C(=C/CCN1CCCC1)c1sccc1CO2. The maximum atomic E-state index is 11.1. The molecule has 0 unspecified atom stereocenters. The zero-order chi connectivity index (χ0) is 17.9. The van der Waals surface area contributed by atoms with Crippen molar-refractivity contribution in [2.45, 2.75) is 32.3 Å². The van der Waals surface area contributed by atoms with Gasteiger partial charge in [0.25, 0.3) is 0 Å². The molecule has 1 N–H and O–H groups in total. The van der Waals surface area contributed by atoms with Gasteiger partial charge in [-0.1, -0.05) is 12.1 Å². The van der Waals surface area contributed by atoms with Crippen molar-refractivity contribution >= 4 is 22.9 Å². The van der Waals surface area contributed by atoms with Gasteiger partial charge in [0.05, 0.1) is 6.42 Å². The molecule has 0 amide bonds. The highest BCUT2D eigenvalue weighted by molar-refractivity contribution is 7.11. The number of hydrogen-bond acceptors (Lipinski definition) is 4. The normalized spacial score (nSPS) is 18.2. The molecule has 1 saturated heterocycles. The maximum Gasteiger partial charge on any atom is 0.307 e. The van der Waals surface area contributed by atoms with Crippen LogP contribution in [0.1, 0.15) is 40.8 Å². The summed E-state index contributed by atoms with van der Waals surface area (Å²) in [7, 11) is 0. The van der Waals surface area contributed by atoms with Gasteiger partial charge in [-0.15, -0.1) is 11.3 Å². The van der Waals surface area contributed by atoms with Gasteiger partial charge in [0, 0.05) is 22.5 Å². The van der Waals surface area contributed by atoms with Crippen molar-refractivity contribution in [3.05, 3.63) is 57.3 Å². The molecule has 0 atom stereocenters. The third-order valence-electron chi connectivity index (χ3n) is 5.06. The lowest BCUT2D eigenvalue weighted by Crippen LogP contribution is -2.19. The number of thiophene rings is 1. The first kappa shape index (κ1) is 17.3. The third-order valence-corrected chi connectivity index (χ3v) is 6.05. The van der Waals surface area contributed by atoms with E-state index in [0.29, 0.717) is 6.61 Å². The first-order chi connectivity index (χ1) is 12.7. The highest BCUT2D eigenvalue weighted by Gasteiger charge is 2.21. The van der Waals surface area contributed by atoms with Crippen LogP contribution in [0, 0.1) is 0 Å². The molecule has 2 aliphatic heterocycles. The highest BCUT2D eigenvalue weighted by atomic mass is 32.1. The van der Waals surface area contributed by atoms with Crippen LogP contribution in [0.5, 0.6) is 5.75 Å². The predicted molar refractivity (Wildman–Crippen MR) is 104 cm³/mol. The summed E-state index contributed by atoms with van der Waals surface area (Å²) in [5.41, 5.74) is 4.23. The summed E-state index contributed by atoms with van der Waals surface area (Å²) in [6.45, 7) is 4.05. The quantitative estimate of drug-likeness (QED) is 0.859. The Kier molecular flexibility index (Phi) is 5.09. The van der Waals surface area contributed by atoms with Crippen LogP contribution in [0.2, 0.25) is 0 Å². The molecule has 1 fully saturated rings. The Labute approximate surface area is 157 Å². The van der Waals surface area contributed by atoms with E-state index < -0.39 is 5.97 Å². The molecule has 1 aromatic carbocycles. The van der Waals surface area contributed by atoms with E-state index in [9.17, 15) is 4.79 Å². The Morgan fingerprint density at radius 3 is 2.92 bits per heavy atom. The third kappa shape index (κ3) is 3.69. The molecule has 0 bridgehead atoms. The molecule has 5 heteroatoms. The Morgan fingerprint density at radius 1 is 1.27 bits per heavy atom. The molecule has 136 valence electrons. The van der Waals surface area contributed by atoms with Crippen molar-refractivity contribution in [3.63, 3.8) is 0 Å². The minimum Gasteiger partial charge on any atom is -0.488 e. The number of ether oxygens (including phenoxy) is 1. The van der Waals surface area contributed by atoms with E-state index in [0.717, 1.165) is 29.8 Å². The zero-order valence-corrected chi connectivity index (χ0v) is 15.6. The van der Waals surface area contributed by atoms with E-state index in [-0.39, 0.29) is 6.42 Å². The molecule has 26 heavy (non-hydrogen) atoms. The average Bonchev–Trinajstić information content (AvgIpc) is 3.27. The van der Waals surface area contributed by atoms with Crippen molar-refractivity contribution in [2.75, 3.05) is 19.6 Å². The summed E-state index contributed by atoms with van der Waals surface area (Å²) in [5, 5.41) is 11.2. The van der Waals surface area contributed by atoms with Gasteiger partial charge in [-0.3, -0.25) is 4.79 Å². The van der Waals surface area contributed by atoms with Crippen LogP contribution in [0.15, 0.2) is 35.7 Å². The minimum absolute atomic E-state index is 0.0334. The number of carboxylic acid groups (broad SMARTS) is 1. The first-order valence-electron chi connectivity index (χ1n) is 9.18. The number of hydrogen-bond donors (Lipinski definition) is 1. The molecular formula is C21H23NO3S. The molecule has 4 rings (SSSR count). The van der Waals surface area contributed by atoms with Gasteiger partial charge in [-0.05, 0) is 67.1 Å². The molecule has 4 nitrogen and oxygen atoms in total. The number of carbonyl (C=O) groups is 1. The zero-order valence-electron chi connectivity index (χ0n) is 14.7. The van der Waals surface area contributed by atoms with Gasteiger partial charge >= 0.3 is 5.97 Å². The van der Waals surface area contributed by atoms with Crippen LogP contribution < -0.4 is 4.74 Å². The smallest absolute Gasteiger partial charge is 0.307 e. The number of rotatable bonds is 5. The van der Waals surface area contributed by atoms with E-state index >= 15 is 0 Å². The minimum atomic E-state index is -0.809. The fraction of sp³-hybridized carbons (Fsp3) is 0.381. The van der Waals surface area contributed by atoms with Crippen LogP contribution in [-0.4, -0.2) is 35.6 Å². The van der Waals surface area contributed by atoms with Crippen LogP contribution in [0.4, 0.5) is 0 Å². The molecule has 2 aromatic rings. The summed E-state index contributed by atoms with van der Waals surface area (Å²) < 4.78 is 6.01. The lowest BCUT2D eigenvalue weighted by Gasteiger charge is -2.14. The van der Waals surface area contributed by atoms with E-state index in [2.05, 4.69) is 22.4 Å². The van der Waals surface area contributed by atoms with Gasteiger partial charge in [0.15, 0.2) is 0 Å². The second-order valence-corrected chi connectivity index (χ2v) is 7.84. The van der Waals surface area contributed by atoms with Crippen molar-refractivity contribution in [3.8, 4) is 5.75 Å². The molecule has 0 saturated carbocycles. The number of benzene rings is 1. The Bertz CT molecular complexity index is 834. The van der Waals surface area contributed by atoms with Crippen molar-refractivity contribution in [1.29, 1.82) is 0 Å². The standard InChI is InChI=1S/C21H23NO3S/c23-20(24)13-15-5-6-19-18(12-15)17(4-3-10-22-8-1-2-9-22)21-16(14-25-19)7-11-26-21/h4-7,11-12H,1-3,8-10,13-14H2,(H,23,24)/b17-4-. The molecule has 2 aliphatic rings. The van der Waals surface area contributed by atoms with Gasteiger partial charge < -0.3 is 14.7 Å². The van der Waals surface area contributed by atoms with E-state index in [4.69, 9.17) is 9.84 Å². The van der Waals surface area contributed by atoms with Gasteiger partial charge in [-0.25, -0.2) is 0 Å². The Balaban J connectivity index is 1.67. The lowest BCUT2D eigenvalue weighted by atomic mass is 9.97. The molecule has 1 aromatic heterocycles. The second-order valence-electron chi connectivity index (χ2n) is 6.92. The largest absolute Gasteiger partial charge is 0.488 e. The Hall–Kier alpha value is -2.11. The summed E-state index contributed by atoms with van der Waals surface area (Å²) in [6, 6.07) is 7.88. The maximum absolute atomic E-state index is 11.1. The first-order valence-corrected chi connectivity index (χ1v) is 10.1. The van der Waals surface area contributed by atoms with Gasteiger partial charge in [-0.2, -0.15) is 0 Å². The monoisotopic (exact) mass is 369 g/mol. The predicted octanol–water partition coefficient (Wildman–Crippen LogP) is 4.19. The Morgan fingerprint density at radius 2 is 2.12 bits per heavy atom. The summed E-state index contributed by atoms with van der Waals surface area (Å²) in [6.07, 6.45) is 5.95. The second kappa shape index (κ2) is 7.64. The number of nitrogens with zero attached hydrogens (tertiary/aromatic N) is 1. The fourth-order valence-electron chi connectivity index (χ4n) is 3.76. The van der Waals surface area contributed by atoms with Crippen LogP contribution in [0.3, 0.4) is 0 Å². The fourth-order valence-corrected chi connectivity index (χ4v) is 4.73. The van der Waals surface area contributed by atoms with E-state index in [1.807, 2.05) is 18.2 Å². The highest BCUT2D eigenvalue weighted by Crippen LogP contribution is 2.40. The number of aliphatic carboxylic acids is 1. The molecule has 0 spiro atoms. The summed E-state index contributed by atoms with van der Waals surface area (Å²) in [4.78, 5) is 14.9. The van der Waals surface area contributed by atoms with Crippen LogP contribution >= 0.6 is 11.3 Å². The number of carboxylic acids is 1. The molecule has 0 radical (unpaired) electrons. The average molecular weight is 369 g/mol. The van der Waals surface area contributed by atoms with Crippen LogP contribution in [-0.2, 0) is 17.8 Å². The summed E-state index contributed by atoms with van der Waals surface area (Å²) in [5.74, 6) is 0.0332. The number of likely N-dealkylation sites (tertiary alicyclic amines) is 1. The molecular weight excluding hydrogens is 346 g/mol. The van der Waals surface area contributed by atoms with Crippen molar-refractivity contribution in [2.24, 2.45) is 0 Å².